The third-order valence-electron chi connectivity index (χ3n) is 2.09. The smallest absolute Gasteiger partial charge is 0.136 e. The van der Waals surface area contributed by atoms with Crippen molar-refractivity contribution in [3.63, 3.8) is 0 Å². The summed E-state index contributed by atoms with van der Waals surface area (Å²) in [6, 6.07) is 5.31. The van der Waals surface area contributed by atoms with Crippen LogP contribution in [-0.4, -0.2) is 11.5 Å². The maximum absolute atomic E-state index is 13.5. The van der Waals surface area contributed by atoms with E-state index in [0.29, 0.717) is 23.0 Å². The lowest BCUT2D eigenvalue weighted by molar-refractivity contribution is 0.333. The van der Waals surface area contributed by atoms with Gasteiger partial charge < -0.3 is 5.73 Å². The quantitative estimate of drug-likeness (QED) is 0.842. The molecule has 0 amide bonds. The summed E-state index contributed by atoms with van der Waals surface area (Å²) in [6.07, 6.45) is -0.645. The van der Waals surface area contributed by atoms with Gasteiger partial charge in [0, 0.05) is 4.88 Å². The molecule has 2 nitrogen and oxygen atoms in total. The maximum atomic E-state index is 13.5. The average molecular weight is 245 g/mol. The predicted octanol–water partition coefficient (Wildman–Crippen LogP) is 3.31. The fourth-order valence-corrected chi connectivity index (χ4v) is 2.53. The summed E-state index contributed by atoms with van der Waals surface area (Å²) in [5, 5.41) is 0.432. The highest BCUT2D eigenvalue weighted by Gasteiger charge is 2.13. The number of nitrogens with two attached hydrogens (primary N) is 1. The van der Waals surface area contributed by atoms with Crippen LogP contribution in [0, 0.1) is 0 Å². The van der Waals surface area contributed by atoms with E-state index in [1.54, 1.807) is 12.1 Å². The highest BCUT2D eigenvalue weighted by atomic mass is 35.5. The third kappa shape index (κ3) is 2.27. The number of thiophene rings is 1. The second-order valence-electron chi connectivity index (χ2n) is 3.21. The van der Waals surface area contributed by atoms with Gasteiger partial charge in [-0.3, -0.25) is 0 Å². The van der Waals surface area contributed by atoms with Gasteiger partial charge in [0.05, 0.1) is 10.2 Å². The minimum atomic E-state index is -0.993. The third-order valence-corrected chi connectivity index (χ3v) is 3.47. The lowest BCUT2D eigenvalue weighted by Crippen LogP contribution is -2.02. The van der Waals surface area contributed by atoms with Gasteiger partial charge in [0.2, 0.25) is 0 Å². The summed E-state index contributed by atoms with van der Waals surface area (Å²) in [6.45, 7) is 0.351. The molecule has 0 saturated heterocycles. The van der Waals surface area contributed by atoms with Crippen LogP contribution in [0.5, 0.6) is 0 Å². The number of hydrogen-bond acceptors (Lipinski definition) is 3. The molecule has 0 saturated carbocycles. The molecule has 5 heteroatoms. The molecular formula is C10H10ClFN2S. The molecule has 0 spiro atoms. The first kappa shape index (κ1) is 10.8. The van der Waals surface area contributed by atoms with E-state index in [1.807, 2.05) is 6.07 Å². The zero-order chi connectivity index (χ0) is 10.8. The van der Waals surface area contributed by atoms with Crippen LogP contribution in [0.15, 0.2) is 18.2 Å². The number of pyridine rings is 1. The Labute approximate surface area is 95.9 Å². The Morgan fingerprint density at radius 2 is 2.33 bits per heavy atom. The molecule has 80 valence electrons. The Morgan fingerprint density at radius 3 is 3.07 bits per heavy atom. The number of nitrogens with zero attached hydrogens (tertiary/aromatic N) is 1. The molecule has 0 bridgehead atoms. The number of rotatable bonds is 3. The molecule has 0 aliphatic rings. The molecule has 0 aliphatic carbocycles. The van der Waals surface area contributed by atoms with Crippen molar-refractivity contribution < 1.29 is 4.39 Å². The van der Waals surface area contributed by atoms with Crippen LogP contribution in [0.25, 0.3) is 10.2 Å². The molecule has 0 fully saturated rings. The monoisotopic (exact) mass is 244 g/mol. The molecule has 1 unspecified atom stereocenters. The van der Waals surface area contributed by atoms with Crippen LogP contribution < -0.4 is 5.73 Å². The van der Waals surface area contributed by atoms with Crippen LogP contribution in [-0.2, 0) is 0 Å². The zero-order valence-electron chi connectivity index (χ0n) is 7.91. The predicted molar refractivity (Wildman–Crippen MR) is 62.2 cm³/mol. The number of fused-ring (bicyclic) bond motifs is 1. The Hall–Kier alpha value is -0.710. The first-order chi connectivity index (χ1) is 7.20. The van der Waals surface area contributed by atoms with E-state index in [1.165, 1.54) is 11.3 Å². The molecule has 0 aliphatic heterocycles. The van der Waals surface area contributed by atoms with Crippen molar-refractivity contribution in [3.05, 3.63) is 28.2 Å². The minimum absolute atomic E-state index is 0.348. The van der Waals surface area contributed by atoms with E-state index >= 15 is 0 Å². The van der Waals surface area contributed by atoms with Crippen molar-refractivity contribution in [1.29, 1.82) is 0 Å². The van der Waals surface area contributed by atoms with Gasteiger partial charge in [0.1, 0.15) is 11.3 Å². The number of halogens is 2. The minimum Gasteiger partial charge on any atom is -0.330 e. The van der Waals surface area contributed by atoms with Crippen molar-refractivity contribution in [2.45, 2.75) is 12.6 Å². The molecule has 2 N–H and O–H groups in total. The summed E-state index contributed by atoms with van der Waals surface area (Å²) in [7, 11) is 0. The second kappa shape index (κ2) is 4.43. The lowest BCUT2D eigenvalue weighted by Gasteiger charge is -2.01. The highest BCUT2D eigenvalue weighted by molar-refractivity contribution is 7.19. The van der Waals surface area contributed by atoms with Crippen LogP contribution >= 0.6 is 22.9 Å². The van der Waals surface area contributed by atoms with Gasteiger partial charge in [0.25, 0.3) is 0 Å². The Morgan fingerprint density at radius 1 is 1.53 bits per heavy atom. The Balaban J connectivity index is 2.38. The molecule has 1 atom stereocenters. The normalized spacial score (nSPS) is 13.3. The van der Waals surface area contributed by atoms with Gasteiger partial charge in [-0.1, -0.05) is 11.6 Å². The second-order valence-corrected chi connectivity index (χ2v) is 4.71. The topological polar surface area (TPSA) is 38.9 Å². The van der Waals surface area contributed by atoms with Crippen LogP contribution in [0.4, 0.5) is 4.39 Å². The summed E-state index contributed by atoms with van der Waals surface area (Å²) in [5.41, 5.74) is 6.07. The first-order valence-electron chi connectivity index (χ1n) is 4.61. The van der Waals surface area contributed by atoms with Gasteiger partial charge in [-0.15, -0.1) is 11.3 Å². The van der Waals surface area contributed by atoms with E-state index in [9.17, 15) is 4.39 Å². The van der Waals surface area contributed by atoms with Crippen LogP contribution in [0.1, 0.15) is 17.5 Å². The summed E-state index contributed by atoms with van der Waals surface area (Å²) >= 11 is 7.15. The van der Waals surface area contributed by atoms with E-state index in [0.717, 1.165) is 10.2 Å². The average Bonchev–Trinajstić information content (AvgIpc) is 2.60. The number of aromatic nitrogens is 1. The Kier molecular flexibility index (Phi) is 3.19. The van der Waals surface area contributed by atoms with Gasteiger partial charge in [-0.2, -0.15) is 0 Å². The van der Waals surface area contributed by atoms with Gasteiger partial charge in [-0.25, -0.2) is 9.37 Å². The van der Waals surface area contributed by atoms with Crippen molar-refractivity contribution >= 4 is 33.2 Å². The largest absolute Gasteiger partial charge is 0.330 e. The van der Waals surface area contributed by atoms with Gasteiger partial charge in [-0.05, 0) is 31.2 Å². The maximum Gasteiger partial charge on any atom is 0.136 e. The van der Waals surface area contributed by atoms with E-state index in [4.69, 9.17) is 17.3 Å². The summed E-state index contributed by atoms with van der Waals surface area (Å²) < 4.78 is 14.5. The van der Waals surface area contributed by atoms with E-state index in [2.05, 4.69) is 4.98 Å². The Bertz CT molecular complexity index is 471. The molecule has 2 heterocycles. The molecule has 15 heavy (non-hydrogen) atoms. The molecular weight excluding hydrogens is 235 g/mol. The summed E-state index contributed by atoms with van der Waals surface area (Å²) in [5.74, 6) is 0. The SMILES string of the molecule is NCCC(F)c1cc2nc(Cl)ccc2s1. The van der Waals surface area contributed by atoms with Crippen molar-refractivity contribution in [3.8, 4) is 0 Å². The lowest BCUT2D eigenvalue weighted by atomic mass is 10.2. The molecule has 2 aromatic heterocycles. The van der Waals surface area contributed by atoms with Crippen molar-refractivity contribution in [2.24, 2.45) is 5.73 Å². The van der Waals surface area contributed by atoms with E-state index < -0.39 is 6.17 Å². The fraction of sp³-hybridized carbons (Fsp3) is 0.300. The van der Waals surface area contributed by atoms with Crippen molar-refractivity contribution in [2.75, 3.05) is 6.54 Å². The number of alkyl halides is 1. The fourth-order valence-electron chi connectivity index (χ4n) is 1.36. The summed E-state index contributed by atoms with van der Waals surface area (Å²) in [4.78, 5) is 4.79. The molecule has 0 radical (unpaired) electrons. The van der Waals surface area contributed by atoms with Gasteiger partial charge >= 0.3 is 0 Å². The molecule has 2 aromatic rings. The van der Waals surface area contributed by atoms with Crippen LogP contribution in [0.2, 0.25) is 5.15 Å². The molecule has 2 rings (SSSR count). The first-order valence-corrected chi connectivity index (χ1v) is 5.80. The van der Waals surface area contributed by atoms with Gasteiger partial charge in [0.15, 0.2) is 0 Å². The number of hydrogen-bond donors (Lipinski definition) is 1. The highest BCUT2D eigenvalue weighted by Crippen LogP contribution is 2.32. The van der Waals surface area contributed by atoms with Crippen LogP contribution in [0.3, 0.4) is 0 Å². The van der Waals surface area contributed by atoms with E-state index in [-0.39, 0.29) is 0 Å². The molecule has 0 aromatic carbocycles. The standard InChI is InChI=1S/C10H10ClFN2S/c11-10-2-1-8-7(14-10)5-9(15-8)6(12)3-4-13/h1-2,5-6H,3-4,13H2. The zero-order valence-corrected chi connectivity index (χ0v) is 9.48. The van der Waals surface area contributed by atoms with Crippen molar-refractivity contribution in [1.82, 2.24) is 4.98 Å².